The van der Waals surface area contributed by atoms with Gasteiger partial charge in [-0.05, 0) is 60.2 Å². The topological polar surface area (TPSA) is 161 Å². The van der Waals surface area contributed by atoms with Crippen LogP contribution in [0.3, 0.4) is 0 Å². The number of fused-ring (bicyclic) bond motifs is 1. The van der Waals surface area contributed by atoms with Gasteiger partial charge in [0, 0.05) is 20.1 Å². The molecular formula is C38H48N6O7S. The van der Waals surface area contributed by atoms with Crippen molar-refractivity contribution in [1.29, 1.82) is 0 Å². The highest BCUT2D eigenvalue weighted by atomic mass is 32.2. The predicted molar refractivity (Wildman–Crippen MR) is 199 cm³/mol. The van der Waals surface area contributed by atoms with Crippen molar-refractivity contribution in [3.8, 4) is 11.6 Å². The number of para-hydroxylation sites is 2. The minimum absolute atomic E-state index is 0.0288. The Morgan fingerprint density at radius 2 is 1.62 bits per heavy atom. The van der Waals surface area contributed by atoms with E-state index in [4.69, 9.17) is 4.74 Å². The first kappa shape index (κ1) is 38.3. The molecular weight excluding hydrogens is 685 g/mol. The van der Waals surface area contributed by atoms with Gasteiger partial charge in [-0.1, -0.05) is 70.2 Å². The average Bonchev–Trinajstić information content (AvgIpc) is 3.57. The maximum atomic E-state index is 14.2. The van der Waals surface area contributed by atoms with Crippen LogP contribution in [0.5, 0.6) is 11.6 Å². The third-order valence-corrected chi connectivity index (χ3v) is 11.0. The lowest BCUT2D eigenvalue weighted by Crippen LogP contribution is -2.53. The number of sulfonamides is 1. The number of aromatic hydroxyl groups is 1. The number of hydrogen-bond acceptors (Lipinski definition) is 8. The van der Waals surface area contributed by atoms with Gasteiger partial charge in [-0.25, -0.2) is 18.2 Å². The van der Waals surface area contributed by atoms with Crippen LogP contribution in [0.15, 0.2) is 94.7 Å². The van der Waals surface area contributed by atoms with Crippen LogP contribution < -0.4 is 15.7 Å². The second-order valence-electron chi connectivity index (χ2n) is 13.8. The monoisotopic (exact) mass is 732 g/mol. The predicted octanol–water partition coefficient (Wildman–Crippen LogP) is 3.93. The van der Waals surface area contributed by atoms with E-state index in [1.807, 2.05) is 80.1 Å². The van der Waals surface area contributed by atoms with Crippen LogP contribution in [0, 0.1) is 11.8 Å². The Labute approximate surface area is 304 Å². The van der Waals surface area contributed by atoms with Gasteiger partial charge in [-0.3, -0.25) is 13.9 Å². The number of nitrogens with one attached hydrogen (secondary N) is 1. The number of hydrogen-bond donors (Lipinski definition) is 3. The van der Waals surface area contributed by atoms with Gasteiger partial charge in [0.1, 0.15) is 17.6 Å². The number of aromatic nitrogens is 4. The van der Waals surface area contributed by atoms with Crippen LogP contribution in [0.25, 0.3) is 11.0 Å². The van der Waals surface area contributed by atoms with Crippen molar-refractivity contribution in [3.63, 3.8) is 0 Å². The van der Waals surface area contributed by atoms with E-state index >= 15 is 0 Å². The van der Waals surface area contributed by atoms with Crippen molar-refractivity contribution in [3.05, 3.63) is 107 Å². The van der Waals surface area contributed by atoms with E-state index in [0.717, 1.165) is 21.2 Å². The van der Waals surface area contributed by atoms with E-state index < -0.39 is 45.7 Å². The number of ether oxygens (including phenoxy) is 1. The van der Waals surface area contributed by atoms with Crippen LogP contribution in [0.2, 0.25) is 0 Å². The smallest absolute Gasteiger partial charge is 0.332 e. The summed E-state index contributed by atoms with van der Waals surface area (Å²) in [5.41, 5.74) is 1.82. The van der Waals surface area contributed by atoms with Crippen LogP contribution in [0.1, 0.15) is 45.1 Å². The molecule has 13 nitrogen and oxygen atoms in total. The van der Waals surface area contributed by atoms with E-state index in [2.05, 4.69) is 10.3 Å². The third kappa shape index (κ3) is 8.41. The van der Waals surface area contributed by atoms with Crippen molar-refractivity contribution in [2.24, 2.45) is 18.9 Å². The number of imidazole rings is 2. The summed E-state index contributed by atoms with van der Waals surface area (Å²) in [6.07, 6.45) is 0.0878. The molecule has 5 aromatic rings. The Balaban J connectivity index is 1.44. The molecule has 3 atom stereocenters. The number of aliphatic hydroxyl groups excluding tert-OH is 1. The maximum absolute atomic E-state index is 14.2. The molecule has 3 N–H and O–H groups in total. The van der Waals surface area contributed by atoms with Crippen molar-refractivity contribution in [2.75, 3.05) is 20.2 Å². The van der Waals surface area contributed by atoms with Crippen LogP contribution in [-0.4, -0.2) is 79.9 Å². The maximum Gasteiger partial charge on any atom is 0.332 e. The molecule has 0 aliphatic heterocycles. The highest BCUT2D eigenvalue weighted by molar-refractivity contribution is 7.89. The van der Waals surface area contributed by atoms with E-state index in [1.165, 1.54) is 34.3 Å². The number of benzene rings is 3. The summed E-state index contributed by atoms with van der Waals surface area (Å²) < 4.78 is 38.4. The highest BCUT2D eigenvalue weighted by Crippen LogP contribution is 2.24. The minimum atomic E-state index is -4.05. The molecule has 52 heavy (non-hydrogen) atoms. The number of aliphatic hydroxyl groups is 1. The zero-order valence-electron chi connectivity index (χ0n) is 30.4. The number of carbonyl (C=O) groups is 1. The SMILES string of the molecule is COc1ccc(S(=O)(=O)N(CC(C)C)C[C@@H](O)[C@H](Cc2ccccc2)NC(=O)[C@H](C(C)C)n2cc(O)n(Cc3nc4ccccc4n3C)c2=O)cc1. The molecule has 0 bridgehead atoms. The molecule has 0 saturated carbocycles. The van der Waals surface area contributed by atoms with Gasteiger partial charge in [0.25, 0.3) is 0 Å². The molecule has 14 heteroatoms. The van der Waals surface area contributed by atoms with Gasteiger partial charge in [0.2, 0.25) is 21.8 Å². The fourth-order valence-electron chi connectivity index (χ4n) is 6.39. The van der Waals surface area contributed by atoms with E-state index in [0.29, 0.717) is 11.6 Å². The minimum Gasteiger partial charge on any atom is -0.497 e. The molecule has 0 aliphatic rings. The zero-order chi connectivity index (χ0) is 37.7. The quantitative estimate of drug-likeness (QED) is 0.138. The molecule has 278 valence electrons. The number of amides is 1. The summed E-state index contributed by atoms with van der Waals surface area (Å²) in [6, 6.07) is 20.8. The van der Waals surface area contributed by atoms with E-state index in [-0.39, 0.29) is 42.7 Å². The van der Waals surface area contributed by atoms with Crippen LogP contribution >= 0.6 is 0 Å². The molecule has 2 aromatic heterocycles. The zero-order valence-corrected chi connectivity index (χ0v) is 31.2. The number of nitrogens with zero attached hydrogens (tertiary/aromatic N) is 5. The lowest BCUT2D eigenvalue weighted by Gasteiger charge is -2.32. The van der Waals surface area contributed by atoms with Crippen molar-refractivity contribution >= 4 is 27.0 Å². The van der Waals surface area contributed by atoms with Crippen molar-refractivity contribution in [2.45, 2.75) is 63.7 Å². The average molecular weight is 733 g/mol. The number of carbonyl (C=O) groups excluding carboxylic acids is 1. The molecule has 5 rings (SSSR count). The standard InChI is InChI=1S/C38H48N6O7S/c1-25(2)21-42(52(49,50)29-18-16-28(51-6)17-19-29)22-33(45)31(20-27-12-8-7-9-13-27)40-37(47)36(26(3)4)44-24-35(46)43(38(44)48)23-34-39-30-14-10-11-15-32(30)41(34)5/h7-19,24-26,31,33,36,45-46H,20-23H2,1-6H3,(H,40,47)/t31-,33+,36-/m0/s1. The third-order valence-electron chi connectivity index (χ3n) is 9.11. The highest BCUT2D eigenvalue weighted by Gasteiger charge is 2.34. The molecule has 3 aromatic carbocycles. The molecule has 1 amide bonds. The number of methoxy groups -OCH3 is 1. The van der Waals surface area contributed by atoms with Gasteiger partial charge in [0.05, 0.1) is 47.9 Å². The fourth-order valence-corrected chi connectivity index (χ4v) is 8.01. The first-order valence-electron chi connectivity index (χ1n) is 17.3. The Hall–Kier alpha value is -4.92. The number of rotatable bonds is 16. The van der Waals surface area contributed by atoms with Gasteiger partial charge in [-0.2, -0.15) is 4.31 Å². The summed E-state index contributed by atoms with van der Waals surface area (Å²) in [7, 11) is -0.722. The van der Waals surface area contributed by atoms with E-state index in [1.54, 1.807) is 26.0 Å². The molecule has 0 spiro atoms. The first-order chi connectivity index (χ1) is 24.7. The fraction of sp³-hybridized carbons (Fsp3) is 0.395. The molecule has 0 saturated heterocycles. The number of aryl methyl sites for hydroxylation is 1. The van der Waals surface area contributed by atoms with Crippen LogP contribution in [0.4, 0.5) is 0 Å². The van der Waals surface area contributed by atoms with Gasteiger partial charge >= 0.3 is 5.69 Å². The Morgan fingerprint density at radius 3 is 2.23 bits per heavy atom. The summed E-state index contributed by atoms with van der Waals surface area (Å²) >= 11 is 0. The molecule has 0 aliphatic carbocycles. The van der Waals surface area contributed by atoms with Crippen LogP contribution in [-0.2, 0) is 34.8 Å². The summed E-state index contributed by atoms with van der Waals surface area (Å²) in [4.78, 5) is 32.7. The lowest BCUT2D eigenvalue weighted by molar-refractivity contribution is -0.127. The van der Waals surface area contributed by atoms with Gasteiger partial charge < -0.3 is 24.8 Å². The lowest BCUT2D eigenvalue weighted by atomic mass is 9.98. The Bertz CT molecular complexity index is 2140. The molecule has 0 radical (unpaired) electrons. The van der Waals surface area contributed by atoms with Crippen molar-refractivity contribution < 1.29 is 28.2 Å². The van der Waals surface area contributed by atoms with Crippen molar-refractivity contribution in [1.82, 2.24) is 28.3 Å². The molecule has 0 unspecified atom stereocenters. The second-order valence-corrected chi connectivity index (χ2v) is 15.7. The Kier molecular flexibility index (Phi) is 11.9. The normalized spacial score (nSPS) is 13.9. The Morgan fingerprint density at radius 1 is 0.962 bits per heavy atom. The molecule has 0 fully saturated rings. The van der Waals surface area contributed by atoms with Gasteiger partial charge in [0.15, 0.2) is 0 Å². The summed E-state index contributed by atoms with van der Waals surface area (Å²) in [5.74, 6) is -0.322. The first-order valence-corrected chi connectivity index (χ1v) is 18.7. The van der Waals surface area contributed by atoms with E-state index in [9.17, 15) is 28.2 Å². The molecule has 2 heterocycles. The second kappa shape index (κ2) is 16.2. The summed E-state index contributed by atoms with van der Waals surface area (Å²) in [5, 5.41) is 25.7. The largest absolute Gasteiger partial charge is 0.497 e. The van der Waals surface area contributed by atoms with Gasteiger partial charge in [-0.15, -0.1) is 0 Å². The summed E-state index contributed by atoms with van der Waals surface area (Å²) in [6.45, 7) is 7.13.